The second kappa shape index (κ2) is 7.81. The summed E-state index contributed by atoms with van der Waals surface area (Å²) >= 11 is 0. The van der Waals surface area contributed by atoms with Gasteiger partial charge in [0.05, 0.1) is 25.0 Å². The van der Waals surface area contributed by atoms with Gasteiger partial charge < -0.3 is 14.8 Å². The molecule has 1 aromatic heterocycles. The minimum Gasteiger partial charge on any atom is -0.465 e. The number of esters is 1. The SMILES string of the molecule is COC(=O)c1ccc(CNCCOCC(F)(F)F)nc1. The number of hydrogen-bond donors (Lipinski definition) is 1. The molecule has 20 heavy (non-hydrogen) atoms. The molecule has 1 rings (SSSR count). The van der Waals surface area contributed by atoms with Gasteiger partial charge in [0.15, 0.2) is 0 Å². The Morgan fingerprint density at radius 2 is 2.15 bits per heavy atom. The Kier molecular flexibility index (Phi) is 6.40. The molecule has 0 aliphatic heterocycles. The van der Waals surface area contributed by atoms with Crippen molar-refractivity contribution in [2.75, 3.05) is 26.9 Å². The molecule has 0 unspecified atom stereocenters. The van der Waals surface area contributed by atoms with E-state index in [2.05, 4.69) is 19.8 Å². The molecule has 0 fully saturated rings. The van der Waals surface area contributed by atoms with Crippen molar-refractivity contribution in [1.29, 1.82) is 0 Å². The van der Waals surface area contributed by atoms with E-state index in [9.17, 15) is 18.0 Å². The molecule has 0 aliphatic rings. The summed E-state index contributed by atoms with van der Waals surface area (Å²) in [5.41, 5.74) is 0.998. The van der Waals surface area contributed by atoms with Gasteiger partial charge in [-0.3, -0.25) is 4.98 Å². The van der Waals surface area contributed by atoms with Crippen molar-refractivity contribution in [1.82, 2.24) is 10.3 Å². The van der Waals surface area contributed by atoms with Gasteiger partial charge in [0.1, 0.15) is 6.61 Å². The lowest BCUT2D eigenvalue weighted by Crippen LogP contribution is -2.24. The Hall–Kier alpha value is -1.67. The van der Waals surface area contributed by atoms with Crippen molar-refractivity contribution >= 4 is 5.97 Å². The molecule has 1 N–H and O–H groups in total. The molecule has 0 saturated heterocycles. The summed E-state index contributed by atoms with van der Waals surface area (Å²) < 4.78 is 44.3. The van der Waals surface area contributed by atoms with Gasteiger partial charge in [-0.05, 0) is 12.1 Å². The Morgan fingerprint density at radius 3 is 2.70 bits per heavy atom. The predicted molar refractivity (Wildman–Crippen MR) is 64.2 cm³/mol. The molecule has 1 heterocycles. The molecule has 0 amide bonds. The van der Waals surface area contributed by atoms with Gasteiger partial charge in [0.2, 0.25) is 0 Å². The first-order valence-corrected chi connectivity index (χ1v) is 5.81. The van der Waals surface area contributed by atoms with E-state index in [1.165, 1.54) is 13.3 Å². The first-order valence-electron chi connectivity index (χ1n) is 5.81. The highest BCUT2D eigenvalue weighted by atomic mass is 19.4. The van der Waals surface area contributed by atoms with Crippen LogP contribution in [0.1, 0.15) is 16.1 Å². The summed E-state index contributed by atoms with van der Waals surface area (Å²) in [5, 5.41) is 2.88. The topological polar surface area (TPSA) is 60.5 Å². The van der Waals surface area contributed by atoms with E-state index in [1.807, 2.05) is 0 Å². The number of methoxy groups -OCH3 is 1. The normalized spacial score (nSPS) is 11.4. The van der Waals surface area contributed by atoms with Crippen LogP contribution in [0.4, 0.5) is 13.2 Å². The molecule has 5 nitrogen and oxygen atoms in total. The summed E-state index contributed by atoms with van der Waals surface area (Å²) in [4.78, 5) is 15.2. The molecule has 1 aromatic rings. The third kappa shape index (κ3) is 6.48. The molecular weight excluding hydrogens is 277 g/mol. The lowest BCUT2D eigenvalue weighted by molar-refractivity contribution is -0.173. The summed E-state index contributed by atoms with van der Waals surface area (Å²) in [6.45, 7) is -0.645. The van der Waals surface area contributed by atoms with Crippen molar-refractivity contribution in [3.63, 3.8) is 0 Å². The lowest BCUT2D eigenvalue weighted by atomic mass is 10.2. The van der Waals surface area contributed by atoms with Crippen molar-refractivity contribution < 1.29 is 27.4 Å². The predicted octanol–water partition coefficient (Wildman–Crippen LogP) is 1.54. The second-order valence-corrected chi connectivity index (χ2v) is 3.87. The number of aromatic nitrogens is 1. The quantitative estimate of drug-likeness (QED) is 0.610. The molecule has 0 atom stereocenters. The van der Waals surface area contributed by atoms with Crippen LogP contribution in [-0.2, 0) is 16.0 Å². The molecular formula is C12H15F3N2O3. The number of alkyl halides is 3. The Balaban J connectivity index is 2.21. The minimum atomic E-state index is -4.30. The van der Waals surface area contributed by atoms with Crippen LogP contribution in [0.15, 0.2) is 18.3 Å². The van der Waals surface area contributed by atoms with Crippen LogP contribution in [0, 0.1) is 0 Å². The summed E-state index contributed by atoms with van der Waals surface area (Å²) in [7, 11) is 1.28. The standard InChI is InChI=1S/C12H15F3N2O3/c1-19-11(18)9-2-3-10(17-6-9)7-16-4-5-20-8-12(13,14)15/h2-3,6,16H,4-5,7-8H2,1H3. The van der Waals surface area contributed by atoms with Gasteiger partial charge in [0.25, 0.3) is 0 Å². The third-order valence-corrected chi connectivity index (χ3v) is 2.24. The molecule has 0 saturated carbocycles. The number of pyridine rings is 1. The highest BCUT2D eigenvalue weighted by Gasteiger charge is 2.27. The van der Waals surface area contributed by atoms with Crippen LogP contribution in [-0.4, -0.2) is 44.0 Å². The molecule has 0 bridgehead atoms. The fourth-order valence-electron chi connectivity index (χ4n) is 1.32. The van der Waals surface area contributed by atoms with Gasteiger partial charge in [-0.1, -0.05) is 0 Å². The highest BCUT2D eigenvalue weighted by molar-refractivity contribution is 5.88. The van der Waals surface area contributed by atoms with Crippen LogP contribution in [0.2, 0.25) is 0 Å². The first kappa shape index (κ1) is 16.4. The Morgan fingerprint density at radius 1 is 1.40 bits per heavy atom. The van der Waals surface area contributed by atoms with Crippen molar-refractivity contribution in [2.24, 2.45) is 0 Å². The average molecular weight is 292 g/mol. The van der Waals surface area contributed by atoms with Gasteiger partial charge in [-0.15, -0.1) is 0 Å². The third-order valence-electron chi connectivity index (χ3n) is 2.24. The zero-order valence-corrected chi connectivity index (χ0v) is 10.9. The van der Waals surface area contributed by atoms with E-state index in [4.69, 9.17) is 0 Å². The molecule has 0 aromatic carbocycles. The van der Waals surface area contributed by atoms with E-state index in [0.717, 1.165) is 0 Å². The van der Waals surface area contributed by atoms with Gasteiger partial charge in [0, 0.05) is 19.3 Å². The zero-order valence-electron chi connectivity index (χ0n) is 10.9. The maximum atomic E-state index is 11.8. The molecule has 8 heteroatoms. The number of rotatable bonds is 7. The van der Waals surface area contributed by atoms with Crippen LogP contribution in [0.25, 0.3) is 0 Å². The number of ether oxygens (including phenoxy) is 2. The lowest BCUT2D eigenvalue weighted by Gasteiger charge is -2.08. The molecule has 112 valence electrons. The van der Waals surface area contributed by atoms with Gasteiger partial charge in [-0.25, -0.2) is 4.79 Å². The fourth-order valence-corrected chi connectivity index (χ4v) is 1.32. The van der Waals surface area contributed by atoms with Crippen LogP contribution >= 0.6 is 0 Å². The Bertz CT molecular complexity index is 421. The maximum absolute atomic E-state index is 11.8. The van der Waals surface area contributed by atoms with Gasteiger partial charge >= 0.3 is 12.1 Å². The van der Waals surface area contributed by atoms with Crippen LogP contribution < -0.4 is 5.32 Å². The minimum absolute atomic E-state index is 0.0419. The molecule has 0 spiro atoms. The average Bonchev–Trinajstić information content (AvgIpc) is 2.41. The van der Waals surface area contributed by atoms with Crippen molar-refractivity contribution in [3.8, 4) is 0 Å². The zero-order chi connectivity index (χ0) is 15.0. The van der Waals surface area contributed by atoms with Crippen LogP contribution in [0.5, 0.6) is 0 Å². The number of nitrogens with zero attached hydrogens (tertiary/aromatic N) is 1. The van der Waals surface area contributed by atoms with E-state index in [0.29, 0.717) is 17.8 Å². The van der Waals surface area contributed by atoms with Gasteiger partial charge in [-0.2, -0.15) is 13.2 Å². The van der Waals surface area contributed by atoms with E-state index < -0.39 is 18.8 Å². The van der Waals surface area contributed by atoms with Crippen LogP contribution in [0.3, 0.4) is 0 Å². The molecule has 0 radical (unpaired) electrons. The van der Waals surface area contributed by atoms with E-state index in [-0.39, 0.29) is 13.2 Å². The fraction of sp³-hybridized carbons (Fsp3) is 0.500. The number of carbonyl (C=O) groups is 1. The van der Waals surface area contributed by atoms with Crippen molar-refractivity contribution in [3.05, 3.63) is 29.6 Å². The summed E-state index contributed by atoms with van der Waals surface area (Å²) in [6.07, 6.45) is -2.92. The summed E-state index contributed by atoms with van der Waals surface area (Å²) in [5.74, 6) is -0.474. The van der Waals surface area contributed by atoms with Crippen molar-refractivity contribution in [2.45, 2.75) is 12.7 Å². The molecule has 0 aliphatic carbocycles. The van der Waals surface area contributed by atoms with E-state index >= 15 is 0 Å². The highest BCUT2D eigenvalue weighted by Crippen LogP contribution is 2.13. The monoisotopic (exact) mass is 292 g/mol. The smallest absolute Gasteiger partial charge is 0.411 e. The number of carbonyl (C=O) groups excluding carboxylic acids is 1. The second-order valence-electron chi connectivity index (χ2n) is 3.87. The first-order chi connectivity index (χ1) is 9.42. The maximum Gasteiger partial charge on any atom is 0.411 e. The largest absolute Gasteiger partial charge is 0.465 e. The summed E-state index contributed by atoms with van der Waals surface area (Å²) in [6, 6.07) is 3.20. The van der Waals surface area contributed by atoms with E-state index in [1.54, 1.807) is 12.1 Å². The number of hydrogen-bond acceptors (Lipinski definition) is 5. The number of halogens is 3. The number of nitrogens with one attached hydrogen (secondary N) is 1. The Labute approximate surface area is 114 Å².